The largest absolute Gasteiger partial charge is 0.467 e. The maximum atomic E-state index is 14.4. The second kappa shape index (κ2) is 9.90. The molecule has 6 nitrogen and oxygen atoms in total. The van der Waals surface area contributed by atoms with Crippen LogP contribution in [0.3, 0.4) is 0 Å². The van der Waals surface area contributed by atoms with E-state index in [-0.39, 0.29) is 34.4 Å². The number of rotatable bonds is 7. The monoisotopic (exact) mass is 510 g/mol. The summed E-state index contributed by atoms with van der Waals surface area (Å²) in [7, 11) is 0. The van der Waals surface area contributed by atoms with Crippen molar-refractivity contribution in [2.24, 2.45) is 0 Å². The highest BCUT2D eigenvalue weighted by Crippen LogP contribution is 2.34. The van der Waals surface area contributed by atoms with Crippen LogP contribution in [0.25, 0.3) is 11.4 Å². The number of carbonyl (C=O) groups is 1. The summed E-state index contributed by atoms with van der Waals surface area (Å²) in [6.45, 7) is 0.174. The third-order valence-corrected chi connectivity index (χ3v) is 5.92. The van der Waals surface area contributed by atoms with Gasteiger partial charge in [0.1, 0.15) is 11.6 Å². The molecular formula is C22H15ClF4N4O2S. The van der Waals surface area contributed by atoms with Gasteiger partial charge in [-0.15, -0.1) is 10.2 Å². The zero-order valence-corrected chi connectivity index (χ0v) is 18.7. The van der Waals surface area contributed by atoms with Gasteiger partial charge in [0.05, 0.1) is 40.4 Å². The zero-order chi connectivity index (χ0) is 24.3. The highest BCUT2D eigenvalue weighted by atomic mass is 35.5. The van der Waals surface area contributed by atoms with Gasteiger partial charge in [0.15, 0.2) is 11.0 Å². The number of halogens is 5. The molecule has 12 heteroatoms. The van der Waals surface area contributed by atoms with Crippen LogP contribution in [0.2, 0.25) is 5.02 Å². The Labute approximate surface area is 199 Å². The average molecular weight is 511 g/mol. The van der Waals surface area contributed by atoms with E-state index in [0.29, 0.717) is 10.9 Å². The summed E-state index contributed by atoms with van der Waals surface area (Å²) in [5.41, 5.74) is -0.882. The van der Waals surface area contributed by atoms with Crippen molar-refractivity contribution in [3.63, 3.8) is 0 Å². The Hall–Kier alpha value is -3.31. The van der Waals surface area contributed by atoms with Crippen LogP contribution in [0.15, 0.2) is 70.4 Å². The standard InChI is InChI=1S/C22H15ClF4N4O2S/c23-16-8-7-13(22(25,26)27)10-18(16)28-19(32)12-34-21-30-29-20(15-5-1-2-6-17(15)24)31(21)11-14-4-3-9-33-14/h1-10H,11-12H2,(H,28,32). The minimum absolute atomic E-state index is 0.0332. The van der Waals surface area contributed by atoms with Crippen molar-refractivity contribution in [3.8, 4) is 11.4 Å². The summed E-state index contributed by atoms with van der Waals surface area (Å²) < 4.78 is 60.2. The maximum absolute atomic E-state index is 14.4. The molecule has 2 aromatic heterocycles. The number of furan rings is 1. The molecule has 0 aliphatic rings. The molecule has 0 aliphatic carbocycles. The van der Waals surface area contributed by atoms with Gasteiger partial charge in [0.2, 0.25) is 5.91 Å². The molecule has 0 bridgehead atoms. The van der Waals surface area contributed by atoms with Gasteiger partial charge >= 0.3 is 6.18 Å². The first-order valence-corrected chi connectivity index (χ1v) is 11.1. The first kappa shape index (κ1) is 23.8. The molecule has 4 rings (SSSR count). The lowest BCUT2D eigenvalue weighted by atomic mass is 10.2. The number of thioether (sulfide) groups is 1. The lowest BCUT2D eigenvalue weighted by molar-refractivity contribution is -0.137. The Morgan fingerprint density at radius 2 is 1.91 bits per heavy atom. The fourth-order valence-electron chi connectivity index (χ4n) is 3.05. The lowest BCUT2D eigenvalue weighted by Gasteiger charge is -2.12. The molecule has 1 amide bonds. The summed E-state index contributed by atoms with van der Waals surface area (Å²) in [5.74, 6) is -0.520. The molecule has 34 heavy (non-hydrogen) atoms. The number of hydrogen-bond acceptors (Lipinski definition) is 5. The predicted octanol–water partition coefficient (Wildman–Crippen LogP) is 6.13. The van der Waals surface area contributed by atoms with E-state index in [1.54, 1.807) is 34.9 Å². The van der Waals surface area contributed by atoms with E-state index in [1.165, 1.54) is 12.3 Å². The average Bonchev–Trinajstić information content (AvgIpc) is 3.44. The molecule has 0 atom stereocenters. The number of hydrogen-bond donors (Lipinski definition) is 1. The van der Waals surface area contributed by atoms with Gasteiger partial charge in [-0.3, -0.25) is 9.36 Å². The number of benzene rings is 2. The van der Waals surface area contributed by atoms with E-state index in [9.17, 15) is 22.4 Å². The van der Waals surface area contributed by atoms with Crippen LogP contribution in [0.5, 0.6) is 0 Å². The molecule has 0 radical (unpaired) electrons. The summed E-state index contributed by atoms with van der Waals surface area (Å²) in [4.78, 5) is 12.5. The van der Waals surface area contributed by atoms with Crippen molar-refractivity contribution in [2.45, 2.75) is 17.9 Å². The Bertz CT molecular complexity index is 1310. The Balaban J connectivity index is 1.54. The maximum Gasteiger partial charge on any atom is 0.416 e. The van der Waals surface area contributed by atoms with E-state index in [2.05, 4.69) is 15.5 Å². The molecule has 0 fully saturated rings. The fraction of sp³-hybridized carbons (Fsp3) is 0.136. The Kier molecular flexibility index (Phi) is 6.94. The molecule has 0 saturated heterocycles. The van der Waals surface area contributed by atoms with Crippen molar-refractivity contribution in [3.05, 3.63) is 83.0 Å². The van der Waals surface area contributed by atoms with E-state index >= 15 is 0 Å². The number of nitrogens with one attached hydrogen (secondary N) is 1. The molecule has 4 aromatic rings. The summed E-state index contributed by atoms with van der Waals surface area (Å²) in [6, 6.07) is 12.1. The third-order valence-electron chi connectivity index (χ3n) is 4.63. The topological polar surface area (TPSA) is 73.0 Å². The number of aromatic nitrogens is 3. The van der Waals surface area contributed by atoms with Crippen molar-refractivity contribution in [1.82, 2.24) is 14.8 Å². The fourth-order valence-corrected chi connectivity index (χ4v) is 3.95. The number of anilines is 1. The number of amides is 1. The van der Waals surface area contributed by atoms with E-state index in [4.69, 9.17) is 16.0 Å². The molecule has 2 aromatic carbocycles. The van der Waals surface area contributed by atoms with Gasteiger partial charge in [0.25, 0.3) is 0 Å². The van der Waals surface area contributed by atoms with Crippen LogP contribution in [-0.4, -0.2) is 26.4 Å². The molecule has 0 unspecified atom stereocenters. The van der Waals surface area contributed by atoms with E-state index < -0.39 is 23.5 Å². The predicted molar refractivity (Wildman–Crippen MR) is 119 cm³/mol. The van der Waals surface area contributed by atoms with Crippen molar-refractivity contribution < 1.29 is 26.8 Å². The van der Waals surface area contributed by atoms with Gasteiger partial charge < -0.3 is 9.73 Å². The van der Waals surface area contributed by atoms with Crippen molar-refractivity contribution in [1.29, 1.82) is 0 Å². The van der Waals surface area contributed by atoms with Gasteiger partial charge in [-0.05, 0) is 42.5 Å². The highest BCUT2D eigenvalue weighted by Gasteiger charge is 2.31. The molecular weight excluding hydrogens is 496 g/mol. The molecule has 0 spiro atoms. The quantitative estimate of drug-likeness (QED) is 0.239. The lowest BCUT2D eigenvalue weighted by Crippen LogP contribution is -2.16. The van der Waals surface area contributed by atoms with Crippen molar-refractivity contribution >= 4 is 35.0 Å². The molecule has 176 valence electrons. The van der Waals surface area contributed by atoms with Crippen LogP contribution in [0.4, 0.5) is 23.2 Å². The van der Waals surface area contributed by atoms with Crippen LogP contribution >= 0.6 is 23.4 Å². The Morgan fingerprint density at radius 3 is 2.62 bits per heavy atom. The SMILES string of the molecule is O=C(CSc1nnc(-c2ccccc2F)n1Cc1ccco1)Nc1cc(C(F)(F)F)ccc1Cl. The molecule has 0 saturated carbocycles. The number of nitrogens with zero attached hydrogens (tertiary/aromatic N) is 3. The zero-order valence-electron chi connectivity index (χ0n) is 17.1. The smallest absolute Gasteiger partial charge is 0.416 e. The molecule has 0 aliphatic heterocycles. The summed E-state index contributed by atoms with van der Waals surface area (Å²) >= 11 is 6.92. The first-order valence-electron chi connectivity index (χ1n) is 9.72. The van der Waals surface area contributed by atoms with Crippen LogP contribution < -0.4 is 5.32 Å². The second-order valence-electron chi connectivity index (χ2n) is 6.98. The minimum atomic E-state index is -4.58. The van der Waals surface area contributed by atoms with Gasteiger partial charge in [-0.25, -0.2) is 4.39 Å². The Morgan fingerprint density at radius 1 is 1.12 bits per heavy atom. The normalized spacial score (nSPS) is 11.6. The van der Waals surface area contributed by atoms with Crippen LogP contribution in [0.1, 0.15) is 11.3 Å². The number of alkyl halides is 3. The van der Waals surface area contributed by atoms with Gasteiger partial charge in [-0.2, -0.15) is 13.2 Å². The minimum Gasteiger partial charge on any atom is -0.467 e. The van der Waals surface area contributed by atoms with Gasteiger partial charge in [0, 0.05) is 0 Å². The third kappa shape index (κ3) is 5.42. The highest BCUT2D eigenvalue weighted by molar-refractivity contribution is 7.99. The molecule has 1 N–H and O–H groups in total. The van der Waals surface area contributed by atoms with Crippen LogP contribution in [0, 0.1) is 5.82 Å². The van der Waals surface area contributed by atoms with Crippen molar-refractivity contribution in [2.75, 3.05) is 11.1 Å². The second-order valence-corrected chi connectivity index (χ2v) is 8.33. The van der Waals surface area contributed by atoms with Crippen LogP contribution in [-0.2, 0) is 17.5 Å². The molecule has 2 heterocycles. The first-order chi connectivity index (χ1) is 16.2. The van der Waals surface area contributed by atoms with Gasteiger partial charge in [-0.1, -0.05) is 35.5 Å². The van der Waals surface area contributed by atoms with E-state index in [0.717, 1.165) is 30.0 Å². The summed E-state index contributed by atoms with van der Waals surface area (Å²) in [5, 5.41) is 10.8. The summed E-state index contributed by atoms with van der Waals surface area (Å²) in [6.07, 6.45) is -3.09. The van der Waals surface area contributed by atoms with E-state index in [1.807, 2.05) is 0 Å². The number of carbonyl (C=O) groups excluding carboxylic acids is 1.